The summed E-state index contributed by atoms with van der Waals surface area (Å²) in [4.78, 5) is 11.1. The summed E-state index contributed by atoms with van der Waals surface area (Å²) in [5, 5.41) is 2.92. The van der Waals surface area contributed by atoms with E-state index in [1.165, 1.54) is 19.3 Å². The van der Waals surface area contributed by atoms with E-state index in [0.717, 1.165) is 12.8 Å². The van der Waals surface area contributed by atoms with Crippen molar-refractivity contribution in [2.75, 3.05) is 4.43 Å². The van der Waals surface area contributed by atoms with E-state index in [1.54, 1.807) is 0 Å². The molecule has 1 rings (SSSR count). The van der Waals surface area contributed by atoms with Gasteiger partial charge >= 0.3 is 0 Å². The first kappa shape index (κ1) is 10.8. The van der Waals surface area contributed by atoms with Gasteiger partial charge in [0.15, 0.2) is 0 Å². The monoisotopic (exact) mass is 291 g/mol. The van der Waals surface area contributed by atoms with Crippen LogP contribution >= 0.6 is 22.6 Å². The smallest absolute Gasteiger partial charge is 0.230 e. The van der Waals surface area contributed by atoms with Crippen LogP contribution in [0, 0.1) is 11.8 Å². The molecule has 3 heteroatoms. The fraction of sp³-hybridized carbons (Fsp3) is 0.700. The van der Waals surface area contributed by atoms with Crippen molar-refractivity contribution >= 4 is 28.5 Å². The molecule has 2 nitrogen and oxygen atoms in total. The van der Waals surface area contributed by atoms with Crippen LogP contribution in [-0.4, -0.2) is 16.4 Å². The number of carbonyl (C=O) groups is 1. The van der Waals surface area contributed by atoms with Crippen LogP contribution in [0.2, 0.25) is 0 Å². The number of rotatable bonds is 2. The molecule has 72 valence electrons. The summed E-state index contributed by atoms with van der Waals surface area (Å²) in [6, 6.07) is 0.0996. The molecule has 0 saturated carbocycles. The van der Waals surface area contributed by atoms with Crippen LogP contribution in [-0.2, 0) is 4.79 Å². The lowest BCUT2D eigenvalue weighted by Crippen LogP contribution is -2.34. The van der Waals surface area contributed by atoms with Crippen LogP contribution in [0.1, 0.15) is 32.1 Å². The van der Waals surface area contributed by atoms with Gasteiger partial charge < -0.3 is 5.32 Å². The Labute approximate surface area is 93.0 Å². The Balaban J connectivity index is 2.41. The molecular formula is C10H14INO. The van der Waals surface area contributed by atoms with E-state index in [2.05, 4.69) is 39.7 Å². The van der Waals surface area contributed by atoms with Gasteiger partial charge in [-0.05, 0) is 12.8 Å². The first-order valence-electron chi connectivity index (χ1n) is 4.66. The van der Waals surface area contributed by atoms with E-state index in [9.17, 15) is 4.79 Å². The van der Waals surface area contributed by atoms with Gasteiger partial charge in [0.05, 0.1) is 10.5 Å². The van der Waals surface area contributed by atoms with Crippen molar-refractivity contribution in [3.63, 3.8) is 0 Å². The van der Waals surface area contributed by atoms with Crippen LogP contribution in [0.5, 0.6) is 0 Å². The molecular weight excluding hydrogens is 277 g/mol. The first-order valence-corrected chi connectivity index (χ1v) is 6.19. The zero-order valence-corrected chi connectivity index (χ0v) is 9.76. The highest BCUT2D eigenvalue weighted by molar-refractivity contribution is 14.1. The molecule has 13 heavy (non-hydrogen) atoms. The molecule has 1 unspecified atom stereocenters. The second kappa shape index (κ2) is 6.25. The van der Waals surface area contributed by atoms with Gasteiger partial charge in [-0.25, -0.2) is 0 Å². The highest BCUT2D eigenvalue weighted by Gasteiger charge is 2.08. The maximum Gasteiger partial charge on any atom is 0.230 e. The standard InChI is InChI=1S/C10H14INO/c11-8-10(13)12-9-6-4-2-1-3-5-7-9/h9H,1-4,6,8H2,(H,12,13). The van der Waals surface area contributed by atoms with Crippen molar-refractivity contribution in [2.45, 2.75) is 38.1 Å². The van der Waals surface area contributed by atoms with Gasteiger partial charge in [0.25, 0.3) is 0 Å². The predicted octanol–water partition coefficient (Wildman–Crippen LogP) is 1.87. The molecule has 1 aliphatic rings. The fourth-order valence-electron chi connectivity index (χ4n) is 1.35. The van der Waals surface area contributed by atoms with Gasteiger partial charge in [-0.2, -0.15) is 0 Å². The third kappa shape index (κ3) is 4.51. The highest BCUT2D eigenvalue weighted by Crippen LogP contribution is 2.08. The third-order valence-electron chi connectivity index (χ3n) is 2.03. The number of hydrogen-bond acceptors (Lipinski definition) is 1. The molecule has 0 aromatic rings. The molecule has 0 radical (unpaired) electrons. The molecule has 1 atom stereocenters. The molecule has 0 saturated heterocycles. The number of halogens is 1. The molecule has 0 spiro atoms. The summed E-state index contributed by atoms with van der Waals surface area (Å²) < 4.78 is 0.524. The predicted molar refractivity (Wildman–Crippen MR) is 61.7 cm³/mol. The van der Waals surface area contributed by atoms with Crippen molar-refractivity contribution < 1.29 is 4.79 Å². The second-order valence-corrected chi connectivity index (χ2v) is 3.94. The lowest BCUT2D eigenvalue weighted by Gasteiger charge is -2.13. The molecule has 1 aliphatic carbocycles. The minimum absolute atomic E-state index is 0.0977. The van der Waals surface area contributed by atoms with E-state index in [0.29, 0.717) is 4.43 Å². The molecule has 0 aromatic carbocycles. The Morgan fingerprint density at radius 2 is 2.31 bits per heavy atom. The average molecular weight is 291 g/mol. The Hall–Kier alpha value is -0.240. The molecule has 0 aromatic heterocycles. The van der Waals surface area contributed by atoms with E-state index in [1.807, 2.05) is 0 Å². The number of amides is 1. The minimum atomic E-state index is 0.0977. The highest BCUT2D eigenvalue weighted by atomic mass is 127. The van der Waals surface area contributed by atoms with E-state index < -0.39 is 0 Å². The van der Waals surface area contributed by atoms with Crippen LogP contribution < -0.4 is 5.32 Å². The van der Waals surface area contributed by atoms with Gasteiger partial charge in [-0.15, -0.1) is 5.92 Å². The van der Waals surface area contributed by atoms with Crippen molar-refractivity contribution in [1.82, 2.24) is 5.32 Å². The van der Waals surface area contributed by atoms with Crippen LogP contribution in [0.3, 0.4) is 0 Å². The summed E-state index contributed by atoms with van der Waals surface area (Å²) in [5.41, 5.74) is 0. The third-order valence-corrected chi connectivity index (χ3v) is 2.72. The zero-order chi connectivity index (χ0) is 9.52. The van der Waals surface area contributed by atoms with Crippen LogP contribution in [0.15, 0.2) is 0 Å². The number of alkyl halides is 1. The van der Waals surface area contributed by atoms with E-state index >= 15 is 0 Å². The Morgan fingerprint density at radius 1 is 1.46 bits per heavy atom. The van der Waals surface area contributed by atoms with Crippen molar-refractivity contribution in [2.24, 2.45) is 0 Å². The zero-order valence-electron chi connectivity index (χ0n) is 7.61. The average Bonchev–Trinajstić information content (AvgIpc) is 2.09. The Kier molecular flexibility index (Phi) is 5.21. The lowest BCUT2D eigenvalue weighted by molar-refractivity contribution is -0.118. The first-order chi connectivity index (χ1) is 6.33. The van der Waals surface area contributed by atoms with E-state index in [-0.39, 0.29) is 11.9 Å². The van der Waals surface area contributed by atoms with Gasteiger partial charge in [0, 0.05) is 6.42 Å². The minimum Gasteiger partial charge on any atom is -0.342 e. The molecule has 0 fully saturated rings. The van der Waals surface area contributed by atoms with Gasteiger partial charge in [0.2, 0.25) is 5.91 Å². The van der Waals surface area contributed by atoms with Crippen LogP contribution in [0.4, 0.5) is 0 Å². The number of carbonyl (C=O) groups excluding carboxylic acids is 1. The normalized spacial score (nSPS) is 22.1. The van der Waals surface area contributed by atoms with Gasteiger partial charge in [-0.3, -0.25) is 4.79 Å². The molecule has 1 N–H and O–H groups in total. The van der Waals surface area contributed by atoms with Crippen LogP contribution in [0.25, 0.3) is 0 Å². The quantitative estimate of drug-likeness (QED) is 0.470. The second-order valence-electron chi connectivity index (χ2n) is 3.17. The molecule has 0 heterocycles. The number of hydrogen-bond donors (Lipinski definition) is 1. The maximum atomic E-state index is 11.1. The maximum absolute atomic E-state index is 11.1. The van der Waals surface area contributed by atoms with Crippen molar-refractivity contribution in [1.29, 1.82) is 0 Å². The molecule has 0 bridgehead atoms. The summed E-state index contributed by atoms with van der Waals surface area (Å²) in [6.07, 6.45) is 5.62. The molecule has 0 aliphatic heterocycles. The van der Waals surface area contributed by atoms with Gasteiger partial charge in [0.1, 0.15) is 0 Å². The van der Waals surface area contributed by atoms with Crippen molar-refractivity contribution in [3.05, 3.63) is 0 Å². The van der Waals surface area contributed by atoms with Crippen molar-refractivity contribution in [3.8, 4) is 11.8 Å². The molecule has 1 amide bonds. The SMILES string of the molecule is O=C(CI)NC1C#CCCCCC1. The summed E-state index contributed by atoms with van der Waals surface area (Å²) in [6.45, 7) is 0. The topological polar surface area (TPSA) is 29.1 Å². The summed E-state index contributed by atoms with van der Waals surface area (Å²) in [5.74, 6) is 6.30. The largest absolute Gasteiger partial charge is 0.342 e. The fourth-order valence-corrected chi connectivity index (χ4v) is 1.57. The van der Waals surface area contributed by atoms with E-state index in [4.69, 9.17) is 0 Å². The summed E-state index contributed by atoms with van der Waals surface area (Å²) in [7, 11) is 0. The number of nitrogens with one attached hydrogen (secondary N) is 1. The Morgan fingerprint density at radius 3 is 3.08 bits per heavy atom. The Bertz CT molecular complexity index is 229. The van der Waals surface area contributed by atoms with Gasteiger partial charge in [-0.1, -0.05) is 41.4 Å². The lowest BCUT2D eigenvalue weighted by atomic mass is 10.0. The summed E-state index contributed by atoms with van der Waals surface area (Å²) >= 11 is 2.07.